The first-order valence-corrected chi connectivity index (χ1v) is 7.94. The summed E-state index contributed by atoms with van der Waals surface area (Å²) in [6.07, 6.45) is 0. The van der Waals surface area contributed by atoms with Crippen molar-refractivity contribution in [3.05, 3.63) is 29.8 Å². The number of hydrogen-bond donors (Lipinski definition) is 0. The summed E-state index contributed by atoms with van der Waals surface area (Å²) in [5.41, 5.74) is 0.604. The molecule has 1 rings (SSSR count). The van der Waals surface area contributed by atoms with Crippen LogP contribution >= 0.6 is 26.6 Å². The summed E-state index contributed by atoms with van der Waals surface area (Å²) in [4.78, 5) is 10.8. The van der Waals surface area contributed by atoms with Gasteiger partial charge in [0, 0.05) is 10.7 Å². The van der Waals surface area contributed by atoms with Crippen LogP contribution in [0.5, 0.6) is 0 Å². The highest BCUT2D eigenvalue weighted by Crippen LogP contribution is 2.26. The Morgan fingerprint density at radius 2 is 1.94 bits per heavy atom. The first-order valence-electron chi connectivity index (χ1n) is 4.71. The number of benzene rings is 1. The fourth-order valence-electron chi connectivity index (χ4n) is 1.15. The summed E-state index contributed by atoms with van der Waals surface area (Å²) in [5.74, 6) is -0.422. The van der Waals surface area contributed by atoms with E-state index in [1.54, 1.807) is 6.92 Å². The second kappa shape index (κ2) is 5.84. The Morgan fingerprint density at radius 1 is 1.41 bits per heavy atom. The Bertz CT molecular complexity index is 498. The molecule has 94 valence electrons. The summed E-state index contributed by atoms with van der Waals surface area (Å²) in [7, 11) is 1.44. The second-order valence-electron chi connectivity index (χ2n) is 3.12. The highest BCUT2D eigenvalue weighted by atomic mass is 79.9. The first-order chi connectivity index (χ1) is 7.86. The molecule has 0 bridgehead atoms. The number of hydrogen-bond acceptors (Lipinski definition) is 4. The zero-order chi connectivity index (χ0) is 13.1. The Morgan fingerprint density at radius 3 is 2.35 bits per heavy atom. The number of carbonyl (C=O) groups excluding carboxylic acids is 1. The van der Waals surface area contributed by atoms with Gasteiger partial charge in [-0.2, -0.15) is 0 Å². The number of rotatable bonds is 4. The van der Waals surface area contributed by atoms with Crippen molar-refractivity contribution >= 4 is 41.6 Å². The van der Waals surface area contributed by atoms with Crippen LogP contribution < -0.4 is 0 Å². The molecule has 0 aliphatic rings. The SMILES string of the molecule is CCOC(=O)C(Br)c1ccc(S(=O)(=O)Cl)cc1. The topological polar surface area (TPSA) is 60.4 Å². The van der Waals surface area contributed by atoms with E-state index in [0.717, 1.165) is 0 Å². The van der Waals surface area contributed by atoms with Gasteiger partial charge in [-0.15, -0.1) is 0 Å². The molecule has 7 heteroatoms. The summed E-state index contributed by atoms with van der Waals surface area (Å²) in [5, 5.41) is 0. The van der Waals surface area contributed by atoms with Gasteiger partial charge in [0.1, 0.15) is 4.83 Å². The molecule has 0 spiro atoms. The van der Waals surface area contributed by atoms with E-state index in [9.17, 15) is 13.2 Å². The fourth-order valence-corrected chi connectivity index (χ4v) is 2.36. The standard InChI is InChI=1S/C10H10BrClO4S/c1-2-16-10(13)9(11)7-3-5-8(6-4-7)17(12,14)15/h3-6,9H,2H2,1H3. The minimum absolute atomic E-state index is 0.00789. The van der Waals surface area contributed by atoms with Gasteiger partial charge in [0.05, 0.1) is 11.5 Å². The lowest BCUT2D eigenvalue weighted by Crippen LogP contribution is -2.10. The molecule has 0 heterocycles. The molecule has 4 nitrogen and oxygen atoms in total. The van der Waals surface area contributed by atoms with Crippen molar-refractivity contribution in [3.63, 3.8) is 0 Å². The molecule has 0 saturated heterocycles. The van der Waals surface area contributed by atoms with E-state index in [-0.39, 0.29) is 11.5 Å². The van der Waals surface area contributed by atoms with Crippen molar-refractivity contribution in [2.75, 3.05) is 6.61 Å². The average Bonchev–Trinajstić information content (AvgIpc) is 2.27. The molecule has 17 heavy (non-hydrogen) atoms. The van der Waals surface area contributed by atoms with Gasteiger partial charge >= 0.3 is 5.97 Å². The van der Waals surface area contributed by atoms with Gasteiger partial charge in [-0.25, -0.2) is 8.42 Å². The Balaban J connectivity index is 2.92. The molecule has 1 aromatic carbocycles. The highest BCUT2D eigenvalue weighted by Gasteiger charge is 2.19. The van der Waals surface area contributed by atoms with Crippen LogP contribution in [0, 0.1) is 0 Å². The molecule has 1 atom stereocenters. The maximum atomic E-state index is 11.4. The number of halogens is 2. The van der Waals surface area contributed by atoms with Gasteiger partial charge in [-0.1, -0.05) is 28.1 Å². The van der Waals surface area contributed by atoms with E-state index in [0.29, 0.717) is 5.56 Å². The van der Waals surface area contributed by atoms with E-state index in [1.807, 2.05) is 0 Å². The first kappa shape index (κ1) is 14.5. The molecule has 0 fully saturated rings. The van der Waals surface area contributed by atoms with Gasteiger partial charge < -0.3 is 4.74 Å². The van der Waals surface area contributed by atoms with Crippen molar-refractivity contribution < 1.29 is 17.9 Å². The maximum absolute atomic E-state index is 11.4. The zero-order valence-corrected chi connectivity index (χ0v) is 12.0. The zero-order valence-electron chi connectivity index (χ0n) is 8.89. The van der Waals surface area contributed by atoms with Crippen molar-refractivity contribution in [1.29, 1.82) is 0 Å². The lowest BCUT2D eigenvalue weighted by atomic mass is 10.1. The quantitative estimate of drug-likeness (QED) is 0.480. The Labute approximate surface area is 112 Å². The molecule has 0 aromatic heterocycles. The van der Waals surface area contributed by atoms with Gasteiger partial charge in [0.15, 0.2) is 0 Å². The molecule has 0 amide bonds. The predicted octanol–water partition coefficient (Wildman–Crippen LogP) is 2.61. The van der Waals surface area contributed by atoms with E-state index in [2.05, 4.69) is 15.9 Å². The average molecular weight is 342 g/mol. The minimum Gasteiger partial charge on any atom is -0.465 e. The van der Waals surface area contributed by atoms with Gasteiger partial charge in [-0.3, -0.25) is 4.79 Å². The van der Waals surface area contributed by atoms with Gasteiger partial charge in [0.2, 0.25) is 0 Å². The monoisotopic (exact) mass is 340 g/mol. The largest absolute Gasteiger partial charge is 0.465 e. The van der Waals surface area contributed by atoms with Crippen LogP contribution in [0.2, 0.25) is 0 Å². The van der Waals surface area contributed by atoms with Crippen LogP contribution in [0.1, 0.15) is 17.3 Å². The van der Waals surface area contributed by atoms with Crippen molar-refractivity contribution in [1.82, 2.24) is 0 Å². The third-order valence-electron chi connectivity index (χ3n) is 1.95. The normalized spacial score (nSPS) is 13.1. The maximum Gasteiger partial charge on any atom is 0.324 e. The molecule has 0 N–H and O–H groups in total. The van der Waals surface area contributed by atoms with Gasteiger partial charge in [0.25, 0.3) is 9.05 Å². The molecular weight excluding hydrogens is 332 g/mol. The van der Waals surface area contributed by atoms with Crippen LogP contribution in [0.4, 0.5) is 0 Å². The number of ether oxygens (including phenoxy) is 1. The smallest absolute Gasteiger partial charge is 0.324 e. The molecule has 0 saturated carbocycles. The van der Waals surface area contributed by atoms with Crippen LogP contribution in [-0.4, -0.2) is 21.0 Å². The molecule has 1 aromatic rings. The summed E-state index contributed by atoms with van der Waals surface area (Å²) >= 11 is 3.17. The van der Waals surface area contributed by atoms with Crippen LogP contribution in [0.25, 0.3) is 0 Å². The minimum atomic E-state index is -3.74. The highest BCUT2D eigenvalue weighted by molar-refractivity contribution is 9.09. The number of alkyl halides is 1. The Kier molecular flexibility index (Phi) is 4.97. The lowest BCUT2D eigenvalue weighted by Gasteiger charge is -2.09. The third kappa shape index (κ3) is 3.97. The van der Waals surface area contributed by atoms with Crippen molar-refractivity contribution in [3.8, 4) is 0 Å². The molecule has 0 radical (unpaired) electrons. The van der Waals surface area contributed by atoms with E-state index < -0.39 is 19.8 Å². The van der Waals surface area contributed by atoms with E-state index >= 15 is 0 Å². The summed E-state index contributed by atoms with van der Waals surface area (Å²) in [6, 6.07) is 5.69. The van der Waals surface area contributed by atoms with Crippen LogP contribution in [-0.2, 0) is 18.6 Å². The summed E-state index contributed by atoms with van der Waals surface area (Å²) in [6.45, 7) is 2.00. The molecule has 1 unspecified atom stereocenters. The van der Waals surface area contributed by atoms with Gasteiger partial charge in [-0.05, 0) is 24.6 Å². The summed E-state index contributed by atoms with van der Waals surface area (Å²) < 4.78 is 26.9. The number of esters is 1. The third-order valence-corrected chi connectivity index (χ3v) is 4.22. The number of carbonyl (C=O) groups is 1. The fraction of sp³-hybridized carbons (Fsp3) is 0.300. The van der Waals surface area contributed by atoms with Crippen molar-refractivity contribution in [2.45, 2.75) is 16.6 Å². The van der Waals surface area contributed by atoms with E-state index in [1.165, 1.54) is 24.3 Å². The van der Waals surface area contributed by atoms with Crippen LogP contribution in [0.3, 0.4) is 0 Å². The van der Waals surface area contributed by atoms with Crippen LogP contribution in [0.15, 0.2) is 29.2 Å². The molecular formula is C10H10BrClO4S. The van der Waals surface area contributed by atoms with E-state index in [4.69, 9.17) is 15.4 Å². The second-order valence-corrected chi connectivity index (χ2v) is 6.60. The molecule has 0 aliphatic carbocycles. The molecule has 0 aliphatic heterocycles. The Hall–Kier alpha value is -0.590. The van der Waals surface area contributed by atoms with Crippen molar-refractivity contribution in [2.24, 2.45) is 0 Å². The lowest BCUT2D eigenvalue weighted by molar-refractivity contribution is -0.142. The predicted molar refractivity (Wildman–Crippen MR) is 67.8 cm³/mol.